The third kappa shape index (κ3) is 3.23. The second-order valence-electron chi connectivity index (χ2n) is 5.31. The smallest absolute Gasteiger partial charge is 0.232 e. The van der Waals surface area contributed by atoms with Gasteiger partial charge in [0.15, 0.2) is 0 Å². The van der Waals surface area contributed by atoms with Gasteiger partial charge in [0, 0.05) is 54.4 Å². The van der Waals surface area contributed by atoms with Gasteiger partial charge in [0.1, 0.15) is 0 Å². The van der Waals surface area contributed by atoms with E-state index in [0.29, 0.717) is 11.9 Å². The quantitative estimate of drug-likeness (QED) is 0.747. The molecule has 2 heterocycles. The summed E-state index contributed by atoms with van der Waals surface area (Å²) in [7, 11) is 9.93. The Morgan fingerprint density at radius 1 is 0.789 bits per heavy atom. The zero-order chi connectivity index (χ0) is 14.0. The maximum atomic E-state index is 4.55. The molecule has 0 radical (unpaired) electrons. The molecule has 1 saturated heterocycles. The highest BCUT2D eigenvalue weighted by molar-refractivity contribution is 5.45. The summed E-state index contributed by atoms with van der Waals surface area (Å²) in [6, 6.07) is 0. The Morgan fingerprint density at radius 2 is 1.26 bits per heavy atom. The van der Waals surface area contributed by atoms with Gasteiger partial charge in [-0.05, 0) is 7.05 Å². The minimum Gasteiger partial charge on any atom is -0.347 e. The van der Waals surface area contributed by atoms with Crippen LogP contribution in [0.4, 0.5) is 17.8 Å². The minimum atomic E-state index is 0.702. The molecule has 0 spiro atoms. The van der Waals surface area contributed by atoms with Gasteiger partial charge in [-0.3, -0.25) is 0 Å². The lowest BCUT2D eigenvalue weighted by molar-refractivity contribution is 0.311. The number of hydrogen-bond acceptors (Lipinski definition) is 7. The molecule has 1 aliphatic heterocycles. The van der Waals surface area contributed by atoms with E-state index in [9.17, 15) is 0 Å². The van der Waals surface area contributed by atoms with Crippen LogP contribution in [0.3, 0.4) is 0 Å². The molecule has 1 fully saturated rings. The molecule has 1 aliphatic rings. The van der Waals surface area contributed by atoms with Gasteiger partial charge in [-0.2, -0.15) is 15.0 Å². The highest BCUT2D eigenvalue weighted by Gasteiger charge is 2.19. The topological polar surface area (TPSA) is 51.6 Å². The summed E-state index contributed by atoms with van der Waals surface area (Å²) in [6.45, 7) is 4.00. The Kier molecular flexibility index (Phi) is 4.04. The van der Waals surface area contributed by atoms with E-state index in [0.717, 1.165) is 32.1 Å². The lowest BCUT2D eigenvalue weighted by Crippen LogP contribution is -2.45. The normalized spacial score (nSPS) is 16.6. The van der Waals surface area contributed by atoms with E-state index < -0.39 is 0 Å². The van der Waals surface area contributed by atoms with Crippen LogP contribution in [-0.2, 0) is 0 Å². The molecule has 0 aromatic carbocycles. The molecular formula is C12H23N7. The maximum Gasteiger partial charge on any atom is 0.232 e. The molecule has 7 nitrogen and oxygen atoms in total. The lowest BCUT2D eigenvalue weighted by Gasteiger charge is -2.32. The summed E-state index contributed by atoms with van der Waals surface area (Å²) in [4.78, 5) is 21.9. The first-order valence-corrected chi connectivity index (χ1v) is 6.51. The molecule has 1 aromatic rings. The predicted molar refractivity (Wildman–Crippen MR) is 78.2 cm³/mol. The fourth-order valence-electron chi connectivity index (χ4n) is 1.89. The van der Waals surface area contributed by atoms with Crippen LogP contribution in [0.5, 0.6) is 0 Å². The molecule has 0 bridgehead atoms. The first-order valence-electron chi connectivity index (χ1n) is 6.51. The average molecular weight is 265 g/mol. The number of aromatic nitrogens is 3. The van der Waals surface area contributed by atoms with Gasteiger partial charge in [-0.15, -0.1) is 0 Å². The number of hydrogen-bond donors (Lipinski definition) is 0. The first-order chi connectivity index (χ1) is 8.97. The van der Waals surface area contributed by atoms with Crippen LogP contribution in [0.15, 0.2) is 0 Å². The molecule has 7 heteroatoms. The van der Waals surface area contributed by atoms with Gasteiger partial charge in [0.05, 0.1) is 0 Å². The van der Waals surface area contributed by atoms with E-state index >= 15 is 0 Å². The summed E-state index contributed by atoms with van der Waals surface area (Å²) in [5.74, 6) is 2.18. The molecule has 19 heavy (non-hydrogen) atoms. The molecule has 0 aliphatic carbocycles. The van der Waals surface area contributed by atoms with Crippen molar-refractivity contribution in [3.05, 3.63) is 0 Å². The SMILES string of the molecule is CN1CCN(c2nc(N(C)C)nc(N(C)C)n2)CC1. The van der Waals surface area contributed by atoms with E-state index in [1.54, 1.807) is 0 Å². The van der Waals surface area contributed by atoms with Crippen LogP contribution >= 0.6 is 0 Å². The number of nitrogens with zero attached hydrogens (tertiary/aromatic N) is 7. The van der Waals surface area contributed by atoms with Crippen LogP contribution in [0.25, 0.3) is 0 Å². The summed E-state index contributed by atoms with van der Waals surface area (Å²) < 4.78 is 0. The van der Waals surface area contributed by atoms with Gasteiger partial charge < -0.3 is 19.6 Å². The molecule has 106 valence electrons. The zero-order valence-corrected chi connectivity index (χ0v) is 12.5. The van der Waals surface area contributed by atoms with Gasteiger partial charge in [0.2, 0.25) is 17.8 Å². The van der Waals surface area contributed by atoms with Crippen LogP contribution in [0, 0.1) is 0 Å². The van der Waals surface area contributed by atoms with Crippen molar-refractivity contribution in [2.45, 2.75) is 0 Å². The van der Waals surface area contributed by atoms with Crippen LogP contribution < -0.4 is 14.7 Å². The maximum absolute atomic E-state index is 4.55. The van der Waals surface area contributed by atoms with Crippen molar-refractivity contribution in [3.8, 4) is 0 Å². The molecule has 2 rings (SSSR count). The standard InChI is InChI=1S/C12H23N7/c1-16(2)10-13-11(17(3)4)15-12(14-10)19-8-6-18(5)7-9-19/h6-9H2,1-5H3. The fraction of sp³-hybridized carbons (Fsp3) is 0.750. The molecule has 0 atom stereocenters. The molecule has 0 N–H and O–H groups in total. The third-order valence-corrected chi connectivity index (χ3v) is 3.19. The van der Waals surface area contributed by atoms with E-state index in [1.807, 2.05) is 38.0 Å². The monoisotopic (exact) mass is 265 g/mol. The van der Waals surface area contributed by atoms with Crippen molar-refractivity contribution in [1.29, 1.82) is 0 Å². The lowest BCUT2D eigenvalue weighted by atomic mass is 10.3. The Balaban J connectivity index is 2.28. The fourth-order valence-corrected chi connectivity index (χ4v) is 1.89. The largest absolute Gasteiger partial charge is 0.347 e. The molecule has 0 amide bonds. The summed E-state index contributed by atoms with van der Waals surface area (Å²) in [5.41, 5.74) is 0. The Morgan fingerprint density at radius 3 is 1.68 bits per heavy atom. The Bertz CT molecular complexity index is 398. The van der Waals surface area contributed by atoms with Crippen LogP contribution in [0.1, 0.15) is 0 Å². The number of likely N-dealkylation sites (N-methyl/N-ethyl adjacent to an activating group) is 1. The second kappa shape index (κ2) is 5.56. The Hall–Kier alpha value is -1.63. The Labute approximate surface area is 114 Å². The van der Waals surface area contributed by atoms with Crippen molar-refractivity contribution in [2.24, 2.45) is 0 Å². The number of rotatable bonds is 3. The van der Waals surface area contributed by atoms with Crippen molar-refractivity contribution in [3.63, 3.8) is 0 Å². The second-order valence-corrected chi connectivity index (χ2v) is 5.31. The number of anilines is 3. The van der Waals surface area contributed by atoms with E-state index in [2.05, 4.69) is 31.8 Å². The first kappa shape index (κ1) is 13.8. The minimum absolute atomic E-state index is 0.702. The van der Waals surface area contributed by atoms with Gasteiger partial charge >= 0.3 is 0 Å². The van der Waals surface area contributed by atoms with Gasteiger partial charge in [-0.25, -0.2) is 0 Å². The molecule has 0 unspecified atom stereocenters. The van der Waals surface area contributed by atoms with Crippen molar-refractivity contribution >= 4 is 17.8 Å². The van der Waals surface area contributed by atoms with Crippen molar-refractivity contribution in [2.75, 3.05) is 76.1 Å². The van der Waals surface area contributed by atoms with E-state index in [1.165, 1.54) is 0 Å². The van der Waals surface area contributed by atoms with Crippen molar-refractivity contribution < 1.29 is 0 Å². The molecule has 1 aromatic heterocycles. The third-order valence-electron chi connectivity index (χ3n) is 3.19. The summed E-state index contributed by atoms with van der Waals surface area (Å²) in [6.07, 6.45) is 0. The summed E-state index contributed by atoms with van der Waals surface area (Å²) >= 11 is 0. The molecular weight excluding hydrogens is 242 g/mol. The van der Waals surface area contributed by atoms with E-state index in [4.69, 9.17) is 0 Å². The average Bonchev–Trinajstić information content (AvgIpc) is 2.39. The zero-order valence-electron chi connectivity index (χ0n) is 12.5. The highest BCUT2D eigenvalue weighted by atomic mass is 15.4. The van der Waals surface area contributed by atoms with E-state index in [-0.39, 0.29) is 0 Å². The molecule has 0 saturated carbocycles. The van der Waals surface area contributed by atoms with Crippen molar-refractivity contribution in [1.82, 2.24) is 19.9 Å². The highest BCUT2D eigenvalue weighted by Crippen LogP contribution is 2.17. The number of piperazine rings is 1. The summed E-state index contributed by atoms with van der Waals surface area (Å²) in [5, 5.41) is 0. The van der Waals surface area contributed by atoms with Crippen LogP contribution in [-0.4, -0.2) is 81.3 Å². The van der Waals surface area contributed by atoms with Gasteiger partial charge in [0.25, 0.3) is 0 Å². The predicted octanol–water partition coefficient (Wildman–Crippen LogP) is -0.245. The van der Waals surface area contributed by atoms with Gasteiger partial charge in [-0.1, -0.05) is 0 Å². The van der Waals surface area contributed by atoms with Crippen LogP contribution in [0.2, 0.25) is 0 Å².